The van der Waals surface area contributed by atoms with Crippen molar-refractivity contribution in [3.05, 3.63) is 29.3 Å². The molecular formula is C16H22ClF3N2O3. The number of carbonyl (C=O) groups excluding carboxylic acids is 1. The van der Waals surface area contributed by atoms with Gasteiger partial charge in [-0.15, -0.1) is 12.4 Å². The zero-order chi connectivity index (χ0) is 17.7. The molecule has 9 heteroatoms. The molecule has 0 aliphatic carbocycles. The monoisotopic (exact) mass is 382 g/mol. The van der Waals surface area contributed by atoms with Crippen molar-refractivity contribution in [3.63, 3.8) is 0 Å². The second kappa shape index (κ2) is 9.26. The molecule has 1 amide bonds. The number of rotatable bonds is 6. The summed E-state index contributed by atoms with van der Waals surface area (Å²) < 4.78 is 47.4. The number of nitrogens with one attached hydrogen (secondary N) is 1. The molecule has 1 aromatic carbocycles. The molecule has 1 aromatic rings. The van der Waals surface area contributed by atoms with E-state index in [0.717, 1.165) is 12.0 Å². The van der Waals surface area contributed by atoms with Crippen LogP contribution in [0.1, 0.15) is 24.0 Å². The first-order chi connectivity index (χ1) is 11.3. The van der Waals surface area contributed by atoms with Crippen molar-refractivity contribution in [2.45, 2.75) is 44.7 Å². The molecule has 1 heterocycles. The number of ether oxygens (including phenoxy) is 2. The molecule has 3 N–H and O–H groups in total. The maximum absolute atomic E-state index is 12.3. The van der Waals surface area contributed by atoms with Crippen LogP contribution in [0.5, 0.6) is 5.75 Å². The maximum atomic E-state index is 12.3. The Kier molecular flexibility index (Phi) is 7.98. The van der Waals surface area contributed by atoms with Crippen LogP contribution >= 0.6 is 12.4 Å². The molecule has 1 aliphatic rings. The number of halogens is 4. The topological polar surface area (TPSA) is 73.6 Å². The fraction of sp³-hybridized carbons (Fsp3) is 0.562. The highest BCUT2D eigenvalue weighted by Crippen LogP contribution is 2.24. The van der Waals surface area contributed by atoms with Gasteiger partial charge in [-0.3, -0.25) is 4.79 Å². The summed E-state index contributed by atoms with van der Waals surface area (Å²) in [4.78, 5) is 12.1. The molecule has 2 atom stereocenters. The van der Waals surface area contributed by atoms with E-state index < -0.39 is 18.9 Å². The van der Waals surface area contributed by atoms with Crippen LogP contribution in [0.3, 0.4) is 0 Å². The molecule has 0 radical (unpaired) electrons. The minimum atomic E-state index is -4.42. The van der Waals surface area contributed by atoms with Gasteiger partial charge in [0.25, 0.3) is 0 Å². The van der Waals surface area contributed by atoms with Crippen LogP contribution in [0.2, 0.25) is 0 Å². The molecule has 0 aromatic heterocycles. The molecule has 1 saturated heterocycles. The van der Waals surface area contributed by atoms with Crippen LogP contribution in [0.15, 0.2) is 18.2 Å². The van der Waals surface area contributed by atoms with E-state index in [9.17, 15) is 18.0 Å². The molecule has 0 unspecified atom stereocenters. The van der Waals surface area contributed by atoms with Crippen LogP contribution in [-0.4, -0.2) is 37.4 Å². The molecule has 1 fully saturated rings. The molecule has 5 nitrogen and oxygen atoms in total. The van der Waals surface area contributed by atoms with E-state index in [-0.39, 0.29) is 36.7 Å². The standard InChI is InChI=1S/C16H21F3N2O3.ClH/c1-10-2-3-11(14(6-10)23-9-16(17,18)19)8-21-15(22)13-5-4-12(7-20)24-13;/h2-3,6,12-13H,4-5,7-9,20H2,1H3,(H,21,22);1H/t12-,13+;/m1./s1. The quantitative estimate of drug-likeness (QED) is 0.792. The first-order valence-corrected chi connectivity index (χ1v) is 7.71. The Bertz CT molecular complexity index is 584. The van der Waals surface area contributed by atoms with Gasteiger partial charge in [-0.05, 0) is 31.4 Å². The lowest BCUT2D eigenvalue weighted by molar-refractivity contribution is -0.153. The van der Waals surface area contributed by atoms with Gasteiger partial charge in [0.05, 0.1) is 6.10 Å². The van der Waals surface area contributed by atoms with Gasteiger partial charge < -0.3 is 20.5 Å². The lowest BCUT2D eigenvalue weighted by Gasteiger charge is -2.16. The highest BCUT2D eigenvalue weighted by Gasteiger charge is 2.30. The fourth-order valence-corrected chi connectivity index (χ4v) is 2.47. The van der Waals surface area contributed by atoms with Crippen LogP contribution in [0.25, 0.3) is 0 Å². The van der Waals surface area contributed by atoms with E-state index in [1.165, 1.54) is 6.07 Å². The molecule has 0 bridgehead atoms. The predicted molar refractivity (Wildman–Crippen MR) is 88.8 cm³/mol. The van der Waals surface area contributed by atoms with E-state index in [2.05, 4.69) is 5.32 Å². The third-order valence-corrected chi connectivity index (χ3v) is 3.73. The third-order valence-electron chi connectivity index (χ3n) is 3.73. The van der Waals surface area contributed by atoms with Crippen LogP contribution < -0.4 is 15.8 Å². The van der Waals surface area contributed by atoms with E-state index in [4.69, 9.17) is 15.2 Å². The van der Waals surface area contributed by atoms with Gasteiger partial charge in [-0.1, -0.05) is 12.1 Å². The summed E-state index contributed by atoms with van der Waals surface area (Å²) in [7, 11) is 0. The van der Waals surface area contributed by atoms with Crippen molar-refractivity contribution in [1.82, 2.24) is 5.32 Å². The van der Waals surface area contributed by atoms with Crippen molar-refractivity contribution >= 4 is 18.3 Å². The summed E-state index contributed by atoms with van der Waals surface area (Å²) in [5.74, 6) is -0.187. The Hall–Kier alpha value is -1.51. The first-order valence-electron chi connectivity index (χ1n) is 7.71. The number of aryl methyl sites for hydroxylation is 1. The van der Waals surface area contributed by atoms with E-state index >= 15 is 0 Å². The summed E-state index contributed by atoms with van der Waals surface area (Å²) >= 11 is 0. The van der Waals surface area contributed by atoms with Gasteiger partial charge in [0, 0.05) is 18.7 Å². The van der Waals surface area contributed by atoms with Gasteiger partial charge in [-0.2, -0.15) is 13.2 Å². The number of alkyl halides is 3. The summed E-state index contributed by atoms with van der Waals surface area (Å²) in [5, 5.41) is 2.68. The number of amides is 1. The van der Waals surface area contributed by atoms with Gasteiger partial charge in [0.1, 0.15) is 11.9 Å². The van der Waals surface area contributed by atoms with Gasteiger partial charge in [-0.25, -0.2) is 0 Å². The third kappa shape index (κ3) is 6.72. The average molecular weight is 383 g/mol. The Balaban J connectivity index is 0.00000312. The van der Waals surface area contributed by atoms with Crippen LogP contribution in [0.4, 0.5) is 13.2 Å². The lowest BCUT2D eigenvalue weighted by atomic mass is 10.1. The Morgan fingerprint density at radius 1 is 1.40 bits per heavy atom. The van der Waals surface area contributed by atoms with E-state index in [1.807, 2.05) is 0 Å². The number of hydrogen-bond donors (Lipinski definition) is 2. The first kappa shape index (κ1) is 21.5. The smallest absolute Gasteiger partial charge is 0.422 e. The van der Waals surface area contributed by atoms with Crippen molar-refractivity contribution < 1.29 is 27.4 Å². The van der Waals surface area contributed by atoms with Crippen molar-refractivity contribution in [2.75, 3.05) is 13.2 Å². The zero-order valence-electron chi connectivity index (χ0n) is 13.8. The molecule has 0 spiro atoms. The highest BCUT2D eigenvalue weighted by molar-refractivity contribution is 5.85. The van der Waals surface area contributed by atoms with Gasteiger partial charge >= 0.3 is 6.18 Å². The second-order valence-electron chi connectivity index (χ2n) is 5.79. The molecular weight excluding hydrogens is 361 g/mol. The summed E-state index contributed by atoms with van der Waals surface area (Å²) in [6.45, 7) is 0.806. The summed E-state index contributed by atoms with van der Waals surface area (Å²) in [6, 6.07) is 4.90. The highest BCUT2D eigenvalue weighted by atomic mass is 35.5. The van der Waals surface area contributed by atoms with Crippen molar-refractivity contribution in [1.29, 1.82) is 0 Å². The minimum absolute atomic E-state index is 0. The lowest BCUT2D eigenvalue weighted by Crippen LogP contribution is -2.35. The molecule has 142 valence electrons. The van der Waals surface area contributed by atoms with Crippen molar-refractivity contribution in [2.24, 2.45) is 5.73 Å². The number of hydrogen-bond acceptors (Lipinski definition) is 4. The normalized spacial score (nSPS) is 20.0. The zero-order valence-corrected chi connectivity index (χ0v) is 14.6. The number of nitrogens with two attached hydrogens (primary N) is 1. The maximum Gasteiger partial charge on any atom is 0.422 e. The number of benzene rings is 1. The fourth-order valence-electron chi connectivity index (χ4n) is 2.47. The van der Waals surface area contributed by atoms with Gasteiger partial charge in [0.15, 0.2) is 6.61 Å². The predicted octanol–water partition coefficient (Wildman–Crippen LogP) is 2.48. The van der Waals surface area contributed by atoms with Crippen LogP contribution in [0, 0.1) is 6.92 Å². The van der Waals surface area contributed by atoms with Crippen molar-refractivity contribution in [3.8, 4) is 5.75 Å². The Morgan fingerprint density at radius 3 is 2.72 bits per heavy atom. The number of carbonyl (C=O) groups is 1. The SMILES string of the molecule is Cc1ccc(CNC(=O)[C@@H]2CC[C@H](CN)O2)c(OCC(F)(F)F)c1.Cl. The summed E-state index contributed by atoms with van der Waals surface area (Å²) in [6.07, 6.45) is -3.80. The Labute approximate surface area is 150 Å². The molecule has 2 rings (SSSR count). The second-order valence-corrected chi connectivity index (χ2v) is 5.79. The average Bonchev–Trinajstić information content (AvgIpc) is 3.00. The van der Waals surface area contributed by atoms with Crippen LogP contribution in [-0.2, 0) is 16.1 Å². The Morgan fingerprint density at radius 2 is 2.12 bits per heavy atom. The van der Waals surface area contributed by atoms with E-state index in [1.54, 1.807) is 19.1 Å². The van der Waals surface area contributed by atoms with Gasteiger partial charge in [0.2, 0.25) is 5.91 Å². The minimum Gasteiger partial charge on any atom is -0.484 e. The molecule has 0 saturated carbocycles. The molecule has 1 aliphatic heterocycles. The largest absolute Gasteiger partial charge is 0.484 e. The molecule has 25 heavy (non-hydrogen) atoms. The summed E-state index contributed by atoms with van der Waals surface area (Å²) in [5.41, 5.74) is 6.75. The van der Waals surface area contributed by atoms with E-state index in [0.29, 0.717) is 18.5 Å².